The second-order valence-electron chi connectivity index (χ2n) is 5.91. The van der Waals surface area contributed by atoms with Gasteiger partial charge in [-0.2, -0.15) is 11.3 Å². The fourth-order valence-corrected chi connectivity index (χ4v) is 4.13. The maximum absolute atomic E-state index is 12.7. The first-order valence-electron chi connectivity index (χ1n) is 7.52. The standard InChI is InChI=1S/C18H12O6S/c1-7(19)24-8-2-3-9-10(4-8)16(21)14-13(15(9)20)17(22)11-5-25-6-12(11)18(14)23/h2,5-6,20-21H,3-4H2,1H3. The molecule has 2 aliphatic rings. The summed E-state index contributed by atoms with van der Waals surface area (Å²) in [4.78, 5) is 36.5. The predicted molar refractivity (Wildman–Crippen MR) is 88.2 cm³/mol. The number of carbonyl (C=O) groups is 3. The average molecular weight is 356 g/mol. The van der Waals surface area contributed by atoms with Gasteiger partial charge < -0.3 is 14.9 Å². The molecule has 0 fully saturated rings. The molecule has 2 aromatic rings. The van der Waals surface area contributed by atoms with Crippen molar-refractivity contribution in [3.05, 3.63) is 56.0 Å². The van der Waals surface area contributed by atoms with Gasteiger partial charge in [0.15, 0.2) is 11.6 Å². The van der Waals surface area contributed by atoms with Gasteiger partial charge in [0.2, 0.25) is 0 Å². The number of phenolic OH excluding ortho intramolecular Hbond substituents is 2. The van der Waals surface area contributed by atoms with E-state index in [2.05, 4.69) is 0 Å². The Bertz CT molecular complexity index is 1010. The maximum Gasteiger partial charge on any atom is 0.307 e. The summed E-state index contributed by atoms with van der Waals surface area (Å²) in [5.41, 5.74) is 0.794. The van der Waals surface area contributed by atoms with Gasteiger partial charge in [0.1, 0.15) is 17.3 Å². The van der Waals surface area contributed by atoms with Gasteiger partial charge in [-0.15, -0.1) is 0 Å². The van der Waals surface area contributed by atoms with Crippen LogP contribution in [0.15, 0.2) is 22.6 Å². The van der Waals surface area contributed by atoms with Crippen LogP contribution in [0.5, 0.6) is 11.5 Å². The van der Waals surface area contributed by atoms with Gasteiger partial charge in [-0.25, -0.2) is 0 Å². The smallest absolute Gasteiger partial charge is 0.307 e. The molecule has 1 aromatic heterocycles. The highest BCUT2D eigenvalue weighted by molar-refractivity contribution is 7.08. The van der Waals surface area contributed by atoms with Crippen LogP contribution in [0.4, 0.5) is 0 Å². The lowest BCUT2D eigenvalue weighted by Crippen LogP contribution is -2.22. The van der Waals surface area contributed by atoms with E-state index >= 15 is 0 Å². The Morgan fingerprint density at radius 3 is 2.16 bits per heavy atom. The molecule has 6 nitrogen and oxygen atoms in total. The lowest BCUT2D eigenvalue weighted by Gasteiger charge is -2.25. The highest BCUT2D eigenvalue weighted by Gasteiger charge is 2.38. The number of allylic oxidation sites excluding steroid dienone is 2. The normalized spacial score (nSPS) is 15.2. The van der Waals surface area contributed by atoms with Crippen molar-refractivity contribution in [1.29, 1.82) is 0 Å². The third-order valence-electron chi connectivity index (χ3n) is 4.42. The molecule has 1 heterocycles. The Balaban J connectivity index is 1.92. The summed E-state index contributed by atoms with van der Waals surface area (Å²) >= 11 is 1.21. The summed E-state index contributed by atoms with van der Waals surface area (Å²) in [6.07, 6.45) is 1.85. The summed E-state index contributed by atoms with van der Waals surface area (Å²) in [6, 6.07) is 0. The van der Waals surface area contributed by atoms with Gasteiger partial charge in [0, 0.05) is 46.4 Å². The maximum atomic E-state index is 12.7. The van der Waals surface area contributed by atoms with Gasteiger partial charge in [-0.05, 0) is 12.5 Å². The zero-order chi connectivity index (χ0) is 17.9. The number of aromatic hydroxyl groups is 2. The zero-order valence-electron chi connectivity index (χ0n) is 13.1. The highest BCUT2D eigenvalue weighted by Crippen LogP contribution is 2.45. The van der Waals surface area contributed by atoms with E-state index in [4.69, 9.17) is 4.74 Å². The molecule has 0 bridgehead atoms. The second-order valence-corrected chi connectivity index (χ2v) is 6.65. The molecule has 126 valence electrons. The van der Waals surface area contributed by atoms with E-state index in [1.165, 1.54) is 18.3 Å². The monoisotopic (exact) mass is 356 g/mol. The largest absolute Gasteiger partial charge is 0.507 e. The first-order valence-corrected chi connectivity index (χ1v) is 8.47. The van der Waals surface area contributed by atoms with Crippen molar-refractivity contribution < 1.29 is 29.3 Å². The second kappa shape index (κ2) is 5.29. The van der Waals surface area contributed by atoms with Crippen molar-refractivity contribution in [3.8, 4) is 11.5 Å². The molecule has 0 spiro atoms. The zero-order valence-corrected chi connectivity index (χ0v) is 13.9. The topological polar surface area (TPSA) is 101 Å². The van der Waals surface area contributed by atoms with Crippen LogP contribution in [-0.2, 0) is 22.4 Å². The molecule has 4 rings (SSSR count). The van der Waals surface area contributed by atoms with Crippen LogP contribution in [-0.4, -0.2) is 27.7 Å². The minimum Gasteiger partial charge on any atom is -0.507 e. The number of carbonyl (C=O) groups excluding carboxylic acids is 3. The number of esters is 1. The molecule has 0 saturated heterocycles. The molecule has 0 radical (unpaired) electrons. The Hall–Kier alpha value is -2.93. The van der Waals surface area contributed by atoms with Crippen LogP contribution in [0, 0.1) is 0 Å². The first kappa shape index (κ1) is 15.6. The van der Waals surface area contributed by atoms with Crippen LogP contribution in [0.3, 0.4) is 0 Å². The summed E-state index contributed by atoms with van der Waals surface area (Å²) in [5, 5.41) is 24.4. The number of thiophene rings is 1. The number of rotatable bonds is 1. The molecule has 0 saturated carbocycles. The number of hydrogen-bond donors (Lipinski definition) is 2. The Morgan fingerprint density at radius 2 is 1.60 bits per heavy atom. The third-order valence-corrected chi connectivity index (χ3v) is 5.17. The highest BCUT2D eigenvalue weighted by atomic mass is 32.1. The molecule has 0 unspecified atom stereocenters. The Morgan fingerprint density at radius 1 is 1.04 bits per heavy atom. The van der Waals surface area contributed by atoms with Crippen LogP contribution in [0.1, 0.15) is 49.9 Å². The molecule has 2 N–H and O–H groups in total. The molecule has 0 atom stereocenters. The van der Waals surface area contributed by atoms with E-state index < -0.39 is 17.5 Å². The Labute approximate surface area is 146 Å². The van der Waals surface area contributed by atoms with E-state index in [0.717, 1.165) is 0 Å². The number of hydrogen-bond acceptors (Lipinski definition) is 7. The Kier molecular flexibility index (Phi) is 3.30. The minimum atomic E-state index is -0.495. The van der Waals surface area contributed by atoms with Crippen LogP contribution in [0.2, 0.25) is 0 Å². The van der Waals surface area contributed by atoms with E-state index in [-0.39, 0.29) is 46.6 Å². The van der Waals surface area contributed by atoms with Crippen molar-refractivity contribution in [3.63, 3.8) is 0 Å². The van der Waals surface area contributed by atoms with Crippen LogP contribution >= 0.6 is 11.3 Å². The molecule has 2 aliphatic carbocycles. The fraction of sp³-hybridized carbons (Fsp3) is 0.167. The minimum absolute atomic E-state index is 0.0551. The number of benzene rings is 1. The van der Waals surface area contributed by atoms with Crippen molar-refractivity contribution in [1.82, 2.24) is 0 Å². The summed E-state index contributed by atoms with van der Waals surface area (Å²) in [6.45, 7) is 1.26. The summed E-state index contributed by atoms with van der Waals surface area (Å²) < 4.78 is 5.06. The van der Waals surface area contributed by atoms with Crippen molar-refractivity contribution >= 4 is 28.9 Å². The predicted octanol–water partition coefficient (Wildman–Crippen LogP) is 2.48. The lowest BCUT2D eigenvalue weighted by molar-refractivity contribution is -0.137. The van der Waals surface area contributed by atoms with Gasteiger partial charge >= 0.3 is 5.97 Å². The van der Waals surface area contributed by atoms with Crippen LogP contribution in [0.25, 0.3) is 0 Å². The number of ether oxygens (including phenoxy) is 1. The molecule has 7 heteroatoms. The molecule has 1 aromatic carbocycles. The van der Waals surface area contributed by atoms with E-state index in [1.807, 2.05) is 0 Å². The summed E-state index contributed by atoms with van der Waals surface area (Å²) in [7, 11) is 0. The van der Waals surface area contributed by atoms with Crippen LogP contribution < -0.4 is 0 Å². The number of phenols is 2. The van der Waals surface area contributed by atoms with Crippen molar-refractivity contribution in [2.45, 2.75) is 19.8 Å². The number of ketones is 2. The van der Waals surface area contributed by atoms with E-state index in [0.29, 0.717) is 16.9 Å². The lowest BCUT2D eigenvalue weighted by atomic mass is 9.80. The molecular weight excluding hydrogens is 344 g/mol. The fourth-order valence-electron chi connectivity index (χ4n) is 3.32. The van der Waals surface area contributed by atoms with Crippen molar-refractivity contribution in [2.75, 3.05) is 0 Å². The molecule has 25 heavy (non-hydrogen) atoms. The number of fused-ring (bicyclic) bond motifs is 3. The quantitative estimate of drug-likeness (QED) is 0.513. The van der Waals surface area contributed by atoms with E-state index in [1.54, 1.807) is 16.8 Å². The first-order chi connectivity index (χ1) is 11.9. The third kappa shape index (κ3) is 2.12. The molecule has 0 amide bonds. The van der Waals surface area contributed by atoms with Gasteiger partial charge in [-0.1, -0.05) is 0 Å². The van der Waals surface area contributed by atoms with Crippen molar-refractivity contribution in [2.24, 2.45) is 0 Å². The van der Waals surface area contributed by atoms with Gasteiger partial charge in [0.25, 0.3) is 0 Å². The molecule has 0 aliphatic heterocycles. The average Bonchev–Trinajstić information content (AvgIpc) is 3.05. The SMILES string of the molecule is CC(=O)OC1=CCc2c(O)c3c(c(O)c2C1)C(=O)c1cscc1C3=O. The van der Waals surface area contributed by atoms with Gasteiger partial charge in [-0.3, -0.25) is 14.4 Å². The van der Waals surface area contributed by atoms with Gasteiger partial charge in [0.05, 0.1) is 11.1 Å². The summed E-state index contributed by atoms with van der Waals surface area (Å²) in [5.74, 6) is -1.76. The molecular formula is C18H12O6S. The van der Waals surface area contributed by atoms with E-state index in [9.17, 15) is 24.6 Å².